The van der Waals surface area contributed by atoms with Crippen LogP contribution in [0.4, 0.5) is 5.69 Å². The molecule has 2 heterocycles. The minimum Gasteiger partial charge on any atom is -0.398 e. The largest absolute Gasteiger partial charge is 0.398 e. The first-order valence-corrected chi connectivity index (χ1v) is 5.78. The zero-order chi connectivity index (χ0) is 13.6. The Morgan fingerprint density at radius 2 is 2.05 bits per heavy atom. The van der Waals surface area contributed by atoms with Crippen molar-refractivity contribution in [3.63, 3.8) is 0 Å². The summed E-state index contributed by atoms with van der Waals surface area (Å²) < 4.78 is 0. The Morgan fingerprint density at radius 1 is 1.26 bits per heavy atom. The third-order valence-corrected chi connectivity index (χ3v) is 3.32. The number of benzene rings is 1. The molecule has 1 atom stereocenters. The number of imide groups is 1. The predicted molar refractivity (Wildman–Crippen MR) is 67.2 cm³/mol. The first-order valence-electron chi connectivity index (χ1n) is 5.78. The van der Waals surface area contributed by atoms with Crippen LogP contribution >= 0.6 is 0 Å². The lowest BCUT2D eigenvalue weighted by atomic mass is 9.97. The molecule has 1 aromatic carbocycles. The highest BCUT2D eigenvalue weighted by molar-refractivity contribution is 6.07. The number of hydrogen-bond donors (Lipinski definition) is 2. The first kappa shape index (κ1) is 11.6. The van der Waals surface area contributed by atoms with Gasteiger partial charge in [-0.15, -0.1) is 0 Å². The van der Waals surface area contributed by atoms with E-state index in [1.807, 2.05) is 0 Å². The highest BCUT2D eigenvalue weighted by Crippen LogP contribution is 2.33. The van der Waals surface area contributed by atoms with Gasteiger partial charge in [0, 0.05) is 29.1 Å². The third-order valence-electron chi connectivity index (χ3n) is 3.32. The van der Waals surface area contributed by atoms with Crippen LogP contribution in [0, 0.1) is 0 Å². The van der Waals surface area contributed by atoms with Gasteiger partial charge in [0.1, 0.15) is 0 Å². The highest BCUT2D eigenvalue weighted by Gasteiger charge is 2.40. The summed E-state index contributed by atoms with van der Waals surface area (Å²) in [6, 6.07) is 7.07. The van der Waals surface area contributed by atoms with E-state index in [0.29, 0.717) is 11.4 Å². The van der Waals surface area contributed by atoms with Gasteiger partial charge >= 0.3 is 0 Å². The average Bonchev–Trinajstić information content (AvgIpc) is 2.66. The molecule has 1 unspecified atom stereocenters. The fourth-order valence-electron chi connectivity index (χ4n) is 2.36. The van der Waals surface area contributed by atoms with Crippen LogP contribution in [0.3, 0.4) is 0 Å². The topological polar surface area (TPSA) is 96.5 Å². The molecule has 6 heteroatoms. The number of anilines is 1. The van der Waals surface area contributed by atoms with Crippen molar-refractivity contribution in [2.75, 3.05) is 5.73 Å². The first-order chi connectivity index (χ1) is 9.09. The number of pyridine rings is 1. The van der Waals surface area contributed by atoms with Gasteiger partial charge in [-0.1, -0.05) is 12.1 Å². The lowest BCUT2D eigenvalue weighted by Crippen LogP contribution is -2.26. The molecule has 6 nitrogen and oxygen atoms in total. The number of fused-ring (bicyclic) bond motifs is 1. The molecule has 3 N–H and O–H groups in total. The van der Waals surface area contributed by atoms with E-state index in [9.17, 15) is 14.8 Å². The third kappa shape index (κ3) is 1.65. The van der Waals surface area contributed by atoms with Crippen LogP contribution in [0.5, 0.6) is 0 Å². The normalized spacial score (nSPS) is 19.4. The summed E-state index contributed by atoms with van der Waals surface area (Å²) in [5, 5.41) is 11.0. The summed E-state index contributed by atoms with van der Waals surface area (Å²) in [6.45, 7) is 0. The second kappa shape index (κ2) is 4.03. The van der Waals surface area contributed by atoms with E-state index >= 15 is 0 Å². The van der Waals surface area contributed by atoms with Crippen molar-refractivity contribution >= 4 is 28.3 Å². The number of nitrogens with two attached hydrogens (primary N) is 1. The molecule has 0 saturated carbocycles. The minimum atomic E-state index is -0.747. The zero-order valence-corrected chi connectivity index (χ0v) is 9.91. The molecule has 0 bridgehead atoms. The second-order valence-electron chi connectivity index (χ2n) is 4.44. The molecular weight excluding hydrogens is 246 g/mol. The van der Waals surface area contributed by atoms with Gasteiger partial charge in [-0.05, 0) is 12.1 Å². The maximum absolute atomic E-state index is 11.8. The number of hydroxylamine groups is 2. The average molecular weight is 257 g/mol. The molecule has 0 spiro atoms. The Labute approximate surface area is 108 Å². The molecular formula is C13H11N3O3. The van der Waals surface area contributed by atoms with E-state index < -0.39 is 17.7 Å². The van der Waals surface area contributed by atoms with E-state index in [4.69, 9.17) is 5.73 Å². The number of amides is 2. The number of nitrogen functional groups attached to an aromatic ring is 1. The van der Waals surface area contributed by atoms with Gasteiger partial charge in [0.05, 0.1) is 11.6 Å². The monoisotopic (exact) mass is 257 g/mol. The Bertz CT molecular complexity index is 699. The summed E-state index contributed by atoms with van der Waals surface area (Å²) >= 11 is 0. The Hall–Kier alpha value is -2.47. The quantitative estimate of drug-likeness (QED) is 0.452. The minimum absolute atomic E-state index is 0.0732. The SMILES string of the molecule is Nc1cccc2c(C3CC(=O)N(O)C3=O)nccc12. The summed E-state index contributed by atoms with van der Waals surface area (Å²) in [6.07, 6.45) is 1.47. The highest BCUT2D eigenvalue weighted by atomic mass is 16.5. The summed E-state index contributed by atoms with van der Waals surface area (Å²) in [5.41, 5.74) is 6.93. The maximum Gasteiger partial charge on any atom is 0.262 e. The van der Waals surface area contributed by atoms with Crippen LogP contribution in [0.1, 0.15) is 18.0 Å². The van der Waals surface area contributed by atoms with Gasteiger partial charge in [0.2, 0.25) is 0 Å². The number of carbonyl (C=O) groups excluding carboxylic acids is 2. The van der Waals surface area contributed by atoms with Gasteiger partial charge in [-0.25, -0.2) is 0 Å². The molecule has 1 fully saturated rings. The van der Waals surface area contributed by atoms with Crippen LogP contribution in [-0.4, -0.2) is 27.1 Å². The fraction of sp³-hybridized carbons (Fsp3) is 0.154. The molecule has 1 aromatic heterocycles. The van der Waals surface area contributed by atoms with E-state index in [0.717, 1.165) is 10.8 Å². The maximum atomic E-state index is 11.8. The van der Waals surface area contributed by atoms with Crippen LogP contribution in [0.25, 0.3) is 10.8 Å². The number of carbonyl (C=O) groups is 2. The molecule has 0 aliphatic carbocycles. The predicted octanol–water partition coefficient (Wildman–Crippen LogP) is 1.05. The van der Waals surface area contributed by atoms with Crippen LogP contribution in [-0.2, 0) is 9.59 Å². The number of hydrogen-bond acceptors (Lipinski definition) is 5. The van der Waals surface area contributed by atoms with Crippen molar-refractivity contribution in [3.05, 3.63) is 36.2 Å². The van der Waals surface area contributed by atoms with Gasteiger partial charge in [-0.3, -0.25) is 19.8 Å². The molecule has 0 radical (unpaired) electrons. The molecule has 3 rings (SSSR count). The fourth-order valence-corrected chi connectivity index (χ4v) is 2.36. The van der Waals surface area contributed by atoms with E-state index in [-0.39, 0.29) is 11.5 Å². The van der Waals surface area contributed by atoms with Gasteiger partial charge in [0.25, 0.3) is 11.8 Å². The Balaban J connectivity index is 2.19. The molecule has 2 amide bonds. The van der Waals surface area contributed by atoms with E-state index in [2.05, 4.69) is 4.98 Å². The summed E-state index contributed by atoms with van der Waals surface area (Å²) in [5.74, 6) is -2.01. The van der Waals surface area contributed by atoms with Crippen molar-refractivity contribution in [1.29, 1.82) is 0 Å². The van der Waals surface area contributed by atoms with E-state index in [1.54, 1.807) is 30.5 Å². The standard InChI is InChI=1S/C13H11N3O3/c14-10-3-1-2-8-7(10)4-5-15-12(8)9-6-11(17)16(19)13(9)18/h1-5,9,19H,6,14H2. The van der Waals surface area contributed by atoms with Gasteiger partial charge in [-0.2, -0.15) is 5.06 Å². The second-order valence-corrected chi connectivity index (χ2v) is 4.44. The zero-order valence-electron chi connectivity index (χ0n) is 9.91. The molecule has 1 saturated heterocycles. The van der Waals surface area contributed by atoms with Gasteiger partial charge in [0.15, 0.2) is 0 Å². The molecule has 19 heavy (non-hydrogen) atoms. The molecule has 1 aliphatic rings. The van der Waals surface area contributed by atoms with Crippen molar-refractivity contribution in [2.45, 2.75) is 12.3 Å². The number of nitrogens with zero attached hydrogens (tertiary/aromatic N) is 2. The number of rotatable bonds is 1. The van der Waals surface area contributed by atoms with Crippen LogP contribution in [0.2, 0.25) is 0 Å². The van der Waals surface area contributed by atoms with Crippen molar-refractivity contribution < 1.29 is 14.8 Å². The Kier molecular flexibility index (Phi) is 2.46. The molecule has 2 aromatic rings. The Morgan fingerprint density at radius 3 is 2.74 bits per heavy atom. The molecule has 1 aliphatic heterocycles. The van der Waals surface area contributed by atoms with Crippen LogP contribution < -0.4 is 5.73 Å². The van der Waals surface area contributed by atoms with Crippen molar-refractivity contribution in [1.82, 2.24) is 10.0 Å². The smallest absolute Gasteiger partial charge is 0.262 e. The lowest BCUT2D eigenvalue weighted by Gasteiger charge is -2.11. The van der Waals surface area contributed by atoms with Crippen molar-refractivity contribution in [3.8, 4) is 0 Å². The summed E-state index contributed by atoms with van der Waals surface area (Å²) in [7, 11) is 0. The number of aromatic nitrogens is 1. The van der Waals surface area contributed by atoms with Crippen LogP contribution in [0.15, 0.2) is 30.5 Å². The van der Waals surface area contributed by atoms with Gasteiger partial charge < -0.3 is 5.73 Å². The molecule has 96 valence electrons. The lowest BCUT2D eigenvalue weighted by molar-refractivity contribution is -0.171. The summed E-state index contributed by atoms with van der Waals surface area (Å²) in [4.78, 5) is 27.4. The van der Waals surface area contributed by atoms with E-state index in [1.165, 1.54) is 0 Å². The van der Waals surface area contributed by atoms with Crippen molar-refractivity contribution in [2.24, 2.45) is 0 Å².